The van der Waals surface area contributed by atoms with Crippen LogP contribution in [0, 0.1) is 11.6 Å². The molecule has 120 valence electrons. The van der Waals surface area contributed by atoms with Gasteiger partial charge in [0.25, 0.3) is 0 Å². The van der Waals surface area contributed by atoms with Gasteiger partial charge in [-0.25, -0.2) is 8.78 Å². The first-order valence-corrected chi connectivity index (χ1v) is 7.21. The van der Waals surface area contributed by atoms with Gasteiger partial charge >= 0.3 is 0 Å². The van der Waals surface area contributed by atoms with Crippen LogP contribution in [0.5, 0.6) is 0 Å². The second kappa shape index (κ2) is 6.83. The summed E-state index contributed by atoms with van der Waals surface area (Å²) in [5.41, 5.74) is 5.77. The van der Waals surface area contributed by atoms with Crippen LogP contribution in [-0.4, -0.2) is 31.4 Å². The van der Waals surface area contributed by atoms with Gasteiger partial charge in [-0.15, -0.1) is 0 Å². The summed E-state index contributed by atoms with van der Waals surface area (Å²) in [6.07, 6.45) is 1.02. The quantitative estimate of drug-likeness (QED) is 0.776. The fraction of sp³-hybridized carbons (Fsp3) is 0.467. The number of nitrogens with two attached hydrogens (primary N) is 1. The fourth-order valence-corrected chi connectivity index (χ4v) is 2.66. The standard InChI is InChI=1S/C15H19F2N3O2/c1-2-3-11(15(22)19-8-21)14-12(16)4-10(5-13(14)17)20-6-9(18)7-20/h4-5,8-9,11H,2-3,6-7,18H2,1H3,(H,19,21,22). The van der Waals surface area contributed by atoms with Gasteiger partial charge < -0.3 is 10.6 Å². The molecule has 1 atom stereocenters. The molecular weight excluding hydrogens is 292 g/mol. The number of hydrogen-bond acceptors (Lipinski definition) is 4. The van der Waals surface area contributed by atoms with E-state index in [0.29, 0.717) is 25.2 Å². The average Bonchev–Trinajstić information content (AvgIpc) is 2.42. The van der Waals surface area contributed by atoms with E-state index >= 15 is 0 Å². The monoisotopic (exact) mass is 311 g/mol. The third-order valence-electron chi connectivity index (χ3n) is 3.78. The SMILES string of the molecule is CCCC(C(=O)NC=O)c1c(F)cc(N2CC(N)C2)cc1F. The predicted octanol–water partition coefficient (Wildman–Crippen LogP) is 1.27. The zero-order valence-electron chi connectivity index (χ0n) is 12.3. The molecule has 1 aromatic carbocycles. The first-order valence-electron chi connectivity index (χ1n) is 7.21. The minimum atomic E-state index is -1.03. The molecule has 2 amide bonds. The molecule has 7 heteroatoms. The molecule has 1 heterocycles. The maximum absolute atomic E-state index is 14.3. The van der Waals surface area contributed by atoms with E-state index in [-0.39, 0.29) is 24.4 Å². The summed E-state index contributed by atoms with van der Waals surface area (Å²) in [6.45, 7) is 2.89. The summed E-state index contributed by atoms with van der Waals surface area (Å²) in [7, 11) is 0. The van der Waals surface area contributed by atoms with E-state index in [9.17, 15) is 18.4 Å². The molecule has 0 aliphatic carbocycles. The van der Waals surface area contributed by atoms with Crippen molar-refractivity contribution in [3.05, 3.63) is 29.3 Å². The lowest BCUT2D eigenvalue weighted by Gasteiger charge is -2.39. The zero-order valence-corrected chi connectivity index (χ0v) is 12.3. The molecule has 3 N–H and O–H groups in total. The van der Waals surface area contributed by atoms with Gasteiger partial charge in [-0.05, 0) is 18.6 Å². The molecule has 22 heavy (non-hydrogen) atoms. The summed E-state index contributed by atoms with van der Waals surface area (Å²) in [5.74, 6) is -3.29. The Bertz CT molecular complexity index is 551. The van der Waals surface area contributed by atoms with Crippen molar-refractivity contribution in [3.63, 3.8) is 0 Å². The van der Waals surface area contributed by atoms with Crippen molar-refractivity contribution in [2.45, 2.75) is 31.7 Å². The second-order valence-electron chi connectivity index (χ2n) is 5.46. The van der Waals surface area contributed by atoms with Crippen LogP contribution in [0.3, 0.4) is 0 Å². The Balaban J connectivity index is 2.32. The van der Waals surface area contributed by atoms with E-state index in [1.807, 2.05) is 5.32 Å². The van der Waals surface area contributed by atoms with Crippen molar-refractivity contribution in [1.82, 2.24) is 5.32 Å². The Morgan fingerprint density at radius 2 is 2.05 bits per heavy atom. The molecule has 1 saturated heterocycles. The van der Waals surface area contributed by atoms with Crippen LogP contribution in [0.15, 0.2) is 12.1 Å². The highest BCUT2D eigenvalue weighted by molar-refractivity contribution is 5.91. The molecule has 0 saturated carbocycles. The van der Waals surface area contributed by atoms with E-state index in [4.69, 9.17) is 5.73 Å². The van der Waals surface area contributed by atoms with Gasteiger partial charge in [0.1, 0.15) is 11.6 Å². The Morgan fingerprint density at radius 3 is 2.50 bits per heavy atom. The van der Waals surface area contributed by atoms with Crippen LogP contribution >= 0.6 is 0 Å². The molecular formula is C15H19F2N3O2. The van der Waals surface area contributed by atoms with Gasteiger partial charge in [0, 0.05) is 30.4 Å². The lowest BCUT2D eigenvalue weighted by molar-refractivity contribution is -0.126. The van der Waals surface area contributed by atoms with Gasteiger partial charge in [0.15, 0.2) is 0 Å². The highest BCUT2D eigenvalue weighted by Crippen LogP contribution is 2.31. The molecule has 0 spiro atoms. The summed E-state index contributed by atoms with van der Waals surface area (Å²) in [5, 5.41) is 1.97. The number of anilines is 1. The second-order valence-corrected chi connectivity index (χ2v) is 5.46. The van der Waals surface area contributed by atoms with Gasteiger partial charge in [-0.1, -0.05) is 13.3 Å². The van der Waals surface area contributed by atoms with E-state index in [2.05, 4.69) is 0 Å². The molecule has 1 fully saturated rings. The molecule has 1 aliphatic rings. The van der Waals surface area contributed by atoms with Crippen molar-refractivity contribution in [3.8, 4) is 0 Å². The number of hydrogen-bond donors (Lipinski definition) is 2. The van der Waals surface area contributed by atoms with Crippen molar-refractivity contribution >= 4 is 18.0 Å². The van der Waals surface area contributed by atoms with Crippen molar-refractivity contribution in [1.29, 1.82) is 0 Å². The van der Waals surface area contributed by atoms with Gasteiger partial charge in [-0.3, -0.25) is 14.9 Å². The van der Waals surface area contributed by atoms with E-state index < -0.39 is 23.5 Å². The Hall–Kier alpha value is -2.02. The predicted molar refractivity (Wildman–Crippen MR) is 78.4 cm³/mol. The van der Waals surface area contributed by atoms with Gasteiger partial charge in [0.2, 0.25) is 12.3 Å². The molecule has 2 rings (SSSR count). The summed E-state index contributed by atoms with van der Waals surface area (Å²) in [4.78, 5) is 24.0. The summed E-state index contributed by atoms with van der Waals surface area (Å²) < 4.78 is 28.7. The van der Waals surface area contributed by atoms with E-state index in [1.54, 1.807) is 11.8 Å². The van der Waals surface area contributed by atoms with Crippen molar-refractivity contribution in [2.75, 3.05) is 18.0 Å². The van der Waals surface area contributed by atoms with Crippen LogP contribution in [0.2, 0.25) is 0 Å². The van der Waals surface area contributed by atoms with Crippen LogP contribution in [0.1, 0.15) is 31.2 Å². The van der Waals surface area contributed by atoms with Crippen LogP contribution in [0.4, 0.5) is 14.5 Å². The first-order chi connectivity index (χ1) is 10.5. The van der Waals surface area contributed by atoms with Crippen molar-refractivity contribution < 1.29 is 18.4 Å². The molecule has 1 aliphatic heterocycles. The number of nitrogens with one attached hydrogen (secondary N) is 1. The lowest BCUT2D eigenvalue weighted by Crippen LogP contribution is -2.55. The third kappa shape index (κ3) is 3.24. The van der Waals surface area contributed by atoms with Crippen molar-refractivity contribution in [2.24, 2.45) is 5.73 Å². The zero-order chi connectivity index (χ0) is 16.3. The van der Waals surface area contributed by atoms with Crippen LogP contribution in [0.25, 0.3) is 0 Å². The smallest absolute Gasteiger partial charge is 0.234 e. The first kappa shape index (κ1) is 16.4. The highest BCUT2D eigenvalue weighted by Gasteiger charge is 2.29. The topological polar surface area (TPSA) is 75.4 Å². The van der Waals surface area contributed by atoms with Gasteiger partial charge in [0.05, 0.1) is 5.92 Å². The number of carbonyl (C=O) groups is 2. The summed E-state index contributed by atoms with van der Waals surface area (Å²) in [6, 6.07) is 2.43. The minimum Gasteiger partial charge on any atom is -0.368 e. The third-order valence-corrected chi connectivity index (χ3v) is 3.78. The average molecular weight is 311 g/mol. The lowest BCUT2D eigenvalue weighted by atomic mass is 9.92. The van der Waals surface area contributed by atoms with E-state index in [1.165, 1.54) is 12.1 Å². The minimum absolute atomic E-state index is 0.0111. The normalized spacial score (nSPS) is 16.1. The number of amides is 2. The molecule has 1 unspecified atom stereocenters. The number of rotatable bonds is 6. The molecule has 5 nitrogen and oxygen atoms in total. The number of benzene rings is 1. The van der Waals surface area contributed by atoms with Crippen LogP contribution in [-0.2, 0) is 9.59 Å². The van der Waals surface area contributed by atoms with Gasteiger partial charge in [-0.2, -0.15) is 0 Å². The Labute approximate surface area is 127 Å². The Morgan fingerprint density at radius 1 is 1.45 bits per heavy atom. The molecule has 0 aromatic heterocycles. The van der Waals surface area contributed by atoms with Crippen LogP contribution < -0.4 is 16.0 Å². The summed E-state index contributed by atoms with van der Waals surface area (Å²) >= 11 is 0. The van der Waals surface area contributed by atoms with E-state index in [0.717, 1.165) is 0 Å². The maximum Gasteiger partial charge on any atom is 0.234 e. The number of imide groups is 1. The molecule has 0 radical (unpaired) electrons. The fourth-order valence-electron chi connectivity index (χ4n) is 2.66. The highest BCUT2D eigenvalue weighted by atomic mass is 19.1. The largest absolute Gasteiger partial charge is 0.368 e. The number of halogens is 2. The molecule has 1 aromatic rings. The maximum atomic E-state index is 14.3. The number of nitrogens with zero attached hydrogens (tertiary/aromatic N) is 1. The number of carbonyl (C=O) groups excluding carboxylic acids is 2. The molecule has 0 bridgehead atoms. The Kier molecular flexibility index (Phi) is 5.07.